The highest BCUT2D eigenvalue weighted by Gasteiger charge is 2.19. The molecule has 0 saturated heterocycles. The highest BCUT2D eigenvalue weighted by Crippen LogP contribution is 2.40. The number of allylic oxidation sites excluding steroid dienone is 4. The lowest BCUT2D eigenvalue weighted by molar-refractivity contribution is 1.22. The molecular formula is C43H34N2. The van der Waals surface area contributed by atoms with Crippen LogP contribution in [-0.4, -0.2) is 0 Å². The van der Waals surface area contributed by atoms with E-state index in [2.05, 4.69) is 163 Å². The number of fused-ring (bicyclic) bond motifs is 2. The van der Waals surface area contributed by atoms with Gasteiger partial charge in [0.2, 0.25) is 0 Å². The summed E-state index contributed by atoms with van der Waals surface area (Å²) < 4.78 is 0. The molecule has 45 heavy (non-hydrogen) atoms. The van der Waals surface area contributed by atoms with Crippen molar-refractivity contribution in [2.75, 3.05) is 10.6 Å². The second-order valence-corrected chi connectivity index (χ2v) is 11.2. The maximum atomic E-state index is 6.56. The van der Waals surface area contributed by atoms with Crippen LogP contribution in [0, 0.1) is 0 Å². The number of anilines is 3. The van der Waals surface area contributed by atoms with Crippen LogP contribution in [0.2, 0.25) is 0 Å². The lowest BCUT2D eigenvalue weighted by atomic mass is 9.89. The molecule has 0 unspecified atom stereocenters. The van der Waals surface area contributed by atoms with Crippen molar-refractivity contribution in [3.8, 4) is 11.1 Å². The Morgan fingerprint density at radius 2 is 1.36 bits per heavy atom. The van der Waals surface area contributed by atoms with Gasteiger partial charge in [-0.25, -0.2) is 0 Å². The average molecular weight is 579 g/mol. The SMILES string of the molecule is C=C/C(=C\C(=Cc1ccccc1)N(c1ccccc1)c1ccccc1)c1cc(-c2cccc3cccc(N)c23)cc2c1C=CC2. The number of benzene rings is 6. The summed E-state index contributed by atoms with van der Waals surface area (Å²) >= 11 is 0. The standard InChI is InChI=1S/C43H34N2/c1-2-32(41-30-35(28-34-19-13-24-39(34)41)40-25-12-17-33-18-14-26-42(44)43(33)40)29-38(27-31-15-6-3-7-16-31)45(36-20-8-4-9-21-36)37-22-10-5-11-23-37/h2-18,20-30H,1,19,44H2/b32-29+,38-27?. The Kier molecular flexibility index (Phi) is 7.70. The minimum absolute atomic E-state index is 0.789. The van der Waals surface area contributed by atoms with Gasteiger partial charge >= 0.3 is 0 Å². The quantitative estimate of drug-likeness (QED) is 0.144. The van der Waals surface area contributed by atoms with Crippen LogP contribution in [0.3, 0.4) is 0 Å². The van der Waals surface area contributed by atoms with E-state index < -0.39 is 0 Å². The summed E-state index contributed by atoms with van der Waals surface area (Å²) in [4.78, 5) is 2.31. The Hall–Kier alpha value is -5.86. The zero-order valence-corrected chi connectivity index (χ0v) is 25.1. The smallest absolute Gasteiger partial charge is 0.0473 e. The van der Waals surface area contributed by atoms with Gasteiger partial charge in [-0.2, -0.15) is 0 Å². The molecule has 0 saturated carbocycles. The molecule has 0 bridgehead atoms. The van der Waals surface area contributed by atoms with E-state index in [9.17, 15) is 0 Å². The highest BCUT2D eigenvalue weighted by atomic mass is 15.1. The molecule has 0 spiro atoms. The fraction of sp³-hybridized carbons (Fsp3) is 0.0233. The first-order valence-corrected chi connectivity index (χ1v) is 15.3. The maximum absolute atomic E-state index is 6.56. The van der Waals surface area contributed by atoms with Gasteiger partial charge in [0.15, 0.2) is 0 Å². The molecule has 0 amide bonds. The molecule has 0 radical (unpaired) electrons. The number of nitrogens with two attached hydrogens (primary N) is 1. The summed E-state index contributed by atoms with van der Waals surface area (Å²) in [5.41, 5.74) is 18.7. The predicted molar refractivity (Wildman–Crippen MR) is 194 cm³/mol. The fourth-order valence-corrected chi connectivity index (χ4v) is 6.29. The molecule has 2 nitrogen and oxygen atoms in total. The van der Waals surface area contributed by atoms with Crippen molar-refractivity contribution in [1.29, 1.82) is 0 Å². The van der Waals surface area contributed by atoms with E-state index in [1.807, 2.05) is 18.2 Å². The minimum Gasteiger partial charge on any atom is -0.398 e. The Balaban J connectivity index is 1.46. The van der Waals surface area contributed by atoms with Crippen molar-refractivity contribution in [2.45, 2.75) is 6.42 Å². The van der Waals surface area contributed by atoms with Crippen molar-refractivity contribution in [2.24, 2.45) is 0 Å². The summed E-state index contributed by atoms with van der Waals surface area (Å²) in [7, 11) is 0. The molecule has 0 aromatic heterocycles. The number of nitrogen functional groups attached to an aromatic ring is 1. The van der Waals surface area contributed by atoms with Gasteiger partial charge in [0.05, 0.1) is 0 Å². The van der Waals surface area contributed by atoms with Gasteiger partial charge in [0.1, 0.15) is 0 Å². The zero-order valence-electron chi connectivity index (χ0n) is 25.1. The molecule has 1 aliphatic rings. The minimum atomic E-state index is 0.789. The highest BCUT2D eigenvalue weighted by molar-refractivity contribution is 6.05. The van der Waals surface area contributed by atoms with Crippen molar-refractivity contribution >= 4 is 45.6 Å². The van der Waals surface area contributed by atoms with Gasteiger partial charge in [-0.1, -0.05) is 128 Å². The van der Waals surface area contributed by atoms with Gasteiger partial charge in [-0.15, -0.1) is 0 Å². The first-order chi connectivity index (χ1) is 22.2. The summed E-state index contributed by atoms with van der Waals surface area (Å²) in [6, 6.07) is 48.7. The van der Waals surface area contributed by atoms with Crippen LogP contribution in [0.4, 0.5) is 17.1 Å². The lowest BCUT2D eigenvalue weighted by Crippen LogP contribution is -2.15. The third-order valence-electron chi connectivity index (χ3n) is 8.37. The van der Waals surface area contributed by atoms with E-state index in [0.717, 1.165) is 67.8 Å². The van der Waals surface area contributed by atoms with Gasteiger partial charge in [-0.3, -0.25) is 0 Å². The monoisotopic (exact) mass is 578 g/mol. The molecule has 0 aliphatic heterocycles. The summed E-state index contributed by atoms with van der Waals surface area (Å²) in [5, 5.41) is 2.23. The van der Waals surface area contributed by atoms with Crippen LogP contribution in [-0.2, 0) is 6.42 Å². The first-order valence-electron chi connectivity index (χ1n) is 15.3. The Labute approximate surface area is 265 Å². The Bertz CT molecular complexity index is 2040. The molecule has 6 aromatic rings. The lowest BCUT2D eigenvalue weighted by Gasteiger charge is -2.27. The first kappa shape index (κ1) is 27.9. The number of hydrogen-bond acceptors (Lipinski definition) is 2. The van der Waals surface area contributed by atoms with Crippen molar-refractivity contribution in [1.82, 2.24) is 0 Å². The third kappa shape index (κ3) is 5.62. The van der Waals surface area contributed by atoms with Crippen LogP contribution in [0.25, 0.3) is 39.6 Å². The predicted octanol–water partition coefficient (Wildman–Crippen LogP) is 11.1. The summed E-state index contributed by atoms with van der Waals surface area (Å²) in [5.74, 6) is 0. The topological polar surface area (TPSA) is 29.3 Å². The Morgan fingerprint density at radius 1 is 0.711 bits per heavy atom. The normalized spacial score (nSPS) is 12.7. The van der Waals surface area contributed by atoms with E-state index in [1.54, 1.807) is 0 Å². The van der Waals surface area contributed by atoms with E-state index in [-0.39, 0.29) is 0 Å². The van der Waals surface area contributed by atoms with Gasteiger partial charge in [0, 0.05) is 28.1 Å². The molecular weight excluding hydrogens is 544 g/mol. The van der Waals surface area contributed by atoms with E-state index in [4.69, 9.17) is 5.73 Å². The van der Waals surface area contributed by atoms with E-state index in [0.29, 0.717) is 0 Å². The molecule has 0 fully saturated rings. The van der Waals surface area contributed by atoms with E-state index in [1.165, 1.54) is 11.1 Å². The number of para-hydroxylation sites is 2. The molecule has 2 N–H and O–H groups in total. The van der Waals surface area contributed by atoms with Crippen LogP contribution < -0.4 is 10.6 Å². The third-order valence-corrected chi connectivity index (χ3v) is 8.37. The van der Waals surface area contributed by atoms with E-state index >= 15 is 0 Å². The second-order valence-electron chi connectivity index (χ2n) is 11.2. The van der Waals surface area contributed by atoms with Crippen molar-refractivity contribution in [3.63, 3.8) is 0 Å². The zero-order chi connectivity index (χ0) is 30.6. The van der Waals surface area contributed by atoms with Gasteiger partial charge in [-0.05, 0) is 99.3 Å². The summed E-state index contributed by atoms with van der Waals surface area (Å²) in [6.07, 6.45) is 11.9. The van der Waals surface area contributed by atoms with Gasteiger partial charge < -0.3 is 10.6 Å². The van der Waals surface area contributed by atoms with Crippen LogP contribution in [0.15, 0.2) is 170 Å². The second kappa shape index (κ2) is 12.4. The maximum Gasteiger partial charge on any atom is 0.0473 e. The molecule has 0 heterocycles. The average Bonchev–Trinajstić information content (AvgIpc) is 3.57. The largest absolute Gasteiger partial charge is 0.398 e. The fourth-order valence-electron chi connectivity index (χ4n) is 6.29. The molecule has 216 valence electrons. The van der Waals surface area contributed by atoms with Crippen LogP contribution in [0.1, 0.15) is 22.3 Å². The molecule has 6 aromatic carbocycles. The summed E-state index contributed by atoms with van der Waals surface area (Å²) in [6.45, 7) is 4.34. The molecule has 1 aliphatic carbocycles. The Morgan fingerprint density at radius 3 is 2.02 bits per heavy atom. The number of rotatable bonds is 8. The number of nitrogens with zero attached hydrogens (tertiary/aromatic N) is 1. The van der Waals surface area contributed by atoms with Gasteiger partial charge in [0.25, 0.3) is 0 Å². The van der Waals surface area contributed by atoms with Crippen LogP contribution >= 0.6 is 0 Å². The number of hydrogen-bond donors (Lipinski definition) is 1. The molecule has 7 rings (SSSR count). The molecule has 0 atom stereocenters. The van der Waals surface area contributed by atoms with Crippen molar-refractivity contribution < 1.29 is 0 Å². The van der Waals surface area contributed by atoms with Crippen LogP contribution in [0.5, 0.6) is 0 Å². The van der Waals surface area contributed by atoms with Crippen molar-refractivity contribution in [3.05, 3.63) is 192 Å². The molecule has 2 heteroatoms.